The van der Waals surface area contributed by atoms with Gasteiger partial charge >= 0.3 is 0 Å². The molecule has 1 aromatic carbocycles. The second-order valence-corrected chi connectivity index (χ2v) is 5.98. The van der Waals surface area contributed by atoms with Crippen molar-refractivity contribution in [3.63, 3.8) is 0 Å². The predicted octanol–water partition coefficient (Wildman–Crippen LogP) is 2.77. The van der Waals surface area contributed by atoms with Gasteiger partial charge in [0.05, 0.1) is 12.7 Å². The number of ether oxygens (including phenoxy) is 1. The Bertz CT molecular complexity index is 464. The number of hydrogen-bond acceptors (Lipinski definition) is 3. The maximum atomic E-state index is 13.6. The van der Waals surface area contributed by atoms with Crippen molar-refractivity contribution in [2.24, 2.45) is 5.92 Å². The van der Waals surface area contributed by atoms with Gasteiger partial charge in [-0.3, -0.25) is 0 Å². The molecular weight excluding hydrogens is 257 g/mol. The van der Waals surface area contributed by atoms with Crippen molar-refractivity contribution in [2.75, 3.05) is 27.7 Å². The molecule has 0 amide bonds. The lowest BCUT2D eigenvalue weighted by atomic mass is 9.71. The zero-order chi connectivity index (χ0) is 14.8. The highest BCUT2D eigenvalue weighted by atomic mass is 19.1. The first kappa shape index (κ1) is 15.3. The fraction of sp³-hybridized carbons (Fsp3) is 0.625. The molecule has 0 radical (unpaired) electrons. The van der Waals surface area contributed by atoms with Crippen LogP contribution < -0.4 is 4.74 Å². The summed E-state index contributed by atoms with van der Waals surface area (Å²) in [7, 11) is 5.48. The highest BCUT2D eigenvalue weighted by Gasteiger charge is 2.40. The zero-order valence-corrected chi connectivity index (χ0v) is 12.5. The predicted molar refractivity (Wildman–Crippen MR) is 77.4 cm³/mol. The quantitative estimate of drug-likeness (QED) is 0.921. The number of rotatable bonds is 4. The molecule has 1 N–H and O–H groups in total. The molecule has 20 heavy (non-hydrogen) atoms. The van der Waals surface area contributed by atoms with Gasteiger partial charge in [-0.05, 0) is 44.6 Å². The molecule has 0 aromatic heterocycles. The number of benzene rings is 1. The van der Waals surface area contributed by atoms with Gasteiger partial charge < -0.3 is 14.7 Å². The zero-order valence-electron chi connectivity index (χ0n) is 12.5. The van der Waals surface area contributed by atoms with Crippen LogP contribution >= 0.6 is 0 Å². The summed E-state index contributed by atoms with van der Waals surface area (Å²) in [6, 6.07) is 4.71. The van der Waals surface area contributed by atoms with Gasteiger partial charge in [-0.2, -0.15) is 0 Å². The van der Waals surface area contributed by atoms with Crippen LogP contribution in [-0.2, 0) is 5.60 Å². The summed E-state index contributed by atoms with van der Waals surface area (Å²) < 4.78 is 18.6. The van der Waals surface area contributed by atoms with E-state index in [4.69, 9.17) is 4.74 Å². The minimum Gasteiger partial charge on any atom is -0.494 e. The van der Waals surface area contributed by atoms with Crippen molar-refractivity contribution in [1.82, 2.24) is 4.90 Å². The number of halogens is 1. The Morgan fingerprint density at radius 1 is 1.40 bits per heavy atom. The summed E-state index contributed by atoms with van der Waals surface area (Å²) in [4.78, 5) is 2.10. The average Bonchev–Trinajstić information content (AvgIpc) is 2.41. The van der Waals surface area contributed by atoms with Crippen LogP contribution in [0, 0.1) is 11.7 Å². The first-order chi connectivity index (χ1) is 9.47. The van der Waals surface area contributed by atoms with E-state index in [9.17, 15) is 9.50 Å². The molecule has 0 spiro atoms. The molecule has 0 saturated heterocycles. The van der Waals surface area contributed by atoms with Crippen LogP contribution in [0.1, 0.15) is 31.2 Å². The molecule has 1 fully saturated rings. The summed E-state index contributed by atoms with van der Waals surface area (Å²) in [6.45, 7) is 0.830. The molecule has 2 unspecified atom stereocenters. The maximum absolute atomic E-state index is 13.6. The van der Waals surface area contributed by atoms with E-state index in [0.29, 0.717) is 0 Å². The van der Waals surface area contributed by atoms with Gasteiger partial charge in [0, 0.05) is 12.5 Å². The summed E-state index contributed by atoms with van der Waals surface area (Å²) in [5.74, 6) is -0.0219. The third-order valence-electron chi connectivity index (χ3n) is 4.27. The van der Waals surface area contributed by atoms with Gasteiger partial charge in [0.2, 0.25) is 0 Å². The molecule has 2 atom stereocenters. The molecule has 0 bridgehead atoms. The Morgan fingerprint density at radius 3 is 2.80 bits per heavy atom. The van der Waals surface area contributed by atoms with Crippen LogP contribution in [0.5, 0.6) is 5.75 Å². The number of nitrogens with zero attached hydrogens (tertiary/aromatic N) is 1. The van der Waals surface area contributed by atoms with Crippen LogP contribution in [0.15, 0.2) is 18.2 Å². The minimum atomic E-state index is -0.885. The van der Waals surface area contributed by atoms with Crippen molar-refractivity contribution >= 4 is 0 Å². The molecule has 0 heterocycles. The van der Waals surface area contributed by atoms with Crippen molar-refractivity contribution in [2.45, 2.75) is 31.3 Å². The van der Waals surface area contributed by atoms with Crippen molar-refractivity contribution < 1.29 is 14.2 Å². The van der Waals surface area contributed by atoms with Gasteiger partial charge in [0.1, 0.15) is 0 Å². The molecule has 2 rings (SSSR count). The van der Waals surface area contributed by atoms with E-state index in [2.05, 4.69) is 4.90 Å². The Morgan fingerprint density at radius 2 is 2.15 bits per heavy atom. The molecule has 112 valence electrons. The van der Waals surface area contributed by atoms with Gasteiger partial charge in [0.25, 0.3) is 0 Å². The molecule has 1 aliphatic rings. The van der Waals surface area contributed by atoms with Gasteiger partial charge in [-0.25, -0.2) is 4.39 Å². The second kappa shape index (κ2) is 6.10. The Balaban J connectivity index is 2.34. The summed E-state index contributed by atoms with van der Waals surface area (Å²) in [5, 5.41) is 11.2. The summed E-state index contributed by atoms with van der Waals surface area (Å²) >= 11 is 0. The summed E-state index contributed by atoms with van der Waals surface area (Å²) in [5.41, 5.74) is -0.119. The van der Waals surface area contributed by atoms with Crippen LogP contribution in [0.3, 0.4) is 0 Å². The van der Waals surface area contributed by atoms with Crippen molar-refractivity contribution in [3.8, 4) is 5.75 Å². The molecular formula is C16H24FNO2. The van der Waals surface area contributed by atoms with E-state index in [-0.39, 0.29) is 17.5 Å². The van der Waals surface area contributed by atoms with Crippen molar-refractivity contribution in [3.05, 3.63) is 29.6 Å². The third-order valence-corrected chi connectivity index (χ3v) is 4.27. The number of aliphatic hydroxyl groups is 1. The van der Waals surface area contributed by atoms with Gasteiger partial charge in [-0.15, -0.1) is 0 Å². The second-order valence-electron chi connectivity index (χ2n) is 5.98. The molecule has 4 heteroatoms. The fourth-order valence-corrected chi connectivity index (χ4v) is 3.22. The van der Waals surface area contributed by atoms with E-state index in [1.165, 1.54) is 13.2 Å². The third kappa shape index (κ3) is 2.96. The highest BCUT2D eigenvalue weighted by Crippen LogP contribution is 2.43. The van der Waals surface area contributed by atoms with E-state index in [1.54, 1.807) is 12.1 Å². The fourth-order valence-electron chi connectivity index (χ4n) is 3.22. The maximum Gasteiger partial charge on any atom is 0.165 e. The van der Waals surface area contributed by atoms with E-state index in [1.807, 2.05) is 14.1 Å². The molecule has 3 nitrogen and oxygen atoms in total. The van der Waals surface area contributed by atoms with Gasteiger partial charge in [-0.1, -0.05) is 18.9 Å². The van der Waals surface area contributed by atoms with Gasteiger partial charge in [0.15, 0.2) is 11.6 Å². The lowest BCUT2D eigenvalue weighted by Gasteiger charge is -2.41. The lowest BCUT2D eigenvalue weighted by Crippen LogP contribution is -2.43. The molecule has 1 aromatic rings. The largest absolute Gasteiger partial charge is 0.494 e. The SMILES string of the molecule is COc1cc(C2(O)CCCCC2CN(C)C)ccc1F. The topological polar surface area (TPSA) is 32.7 Å². The molecule has 1 aliphatic carbocycles. The standard InChI is InChI=1S/C16H24FNO2/c1-18(2)11-13-6-4-5-9-16(13,19)12-7-8-14(17)15(10-12)20-3/h7-8,10,13,19H,4-6,9,11H2,1-3H3. The average molecular weight is 281 g/mol. The molecule has 1 saturated carbocycles. The highest BCUT2D eigenvalue weighted by molar-refractivity contribution is 5.34. The Kier molecular flexibility index (Phi) is 4.66. The smallest absolute Gasteiger partial charge is 0.165 e. The number of methoxy groups -OCH3 is 1. The van der Waals surface area contributed by atoms with Crippen molar-refractivity contribution in [1.29, 1.82) is 0 Å². The monoisotopic (exact) mass is 281 g/mol. The van der Waals surface area contributed by atoms with Crippen LogP contribution in [0.25, 0.3) is 0 Å². The lowest BCUT2D eigenvalue weighted by molar-refractivity contribution is -0.0620. The van der Waals surface area contributed by atoms with Crippen LogP contribution in [-0.4, -0.2) is 37.8 Å². The summed E-state index contributed by atoms with van der Waals surface area (Å²) in [6.07, 6.45) is 3.86. The number of hydrogen-bond donors (Lipinski definition) is 1. The van der Waals surface area contributed by atoms with Crippen LogP contribution in [0.2, 0.25) is 0 Å². The first-order valence-electron chi connectivity index (χ1n) is 7.18. The normalized spacial score (nSPS) is 26.8. The van der Waals surface area contributed by atoms with Crippen LogP contribution in [0.4, 0.5) is 4.39 Å². The van der Waals surface area contributed by atoms with E-state index in [0.717, 1.165) is 37.8 Å². The molecule has 0 aliphatic heterocycles. The Hall–Kier alpha value is -1.13. The Labute approximate surface area is 120 Å². The van der Waals surface area contributed by atoms with E-state index < -0.39 is 5.60 Å². The minimum absolute atomic E-state index is 0.168. The van der Waals surface area contributed by atoms with E-state index >= 15 is 0 Å². The first-order valence-corrected chi connectivity index (χ1v) is 7.18.